The van der Waals surface area contributed by atoms with Crippen LogP contribution in [0.2, 0.25) is 5.02 Å². The van der Waals surface area contributed by atoms with Gasteiger partial charge in [0.1, 0.15) is 0 Å². The Morgan fingerprint density at radius 1 is 1.09 bits per heavy atom. The Labute approximate surface area is 133 Å². The minimum Gasteiger partial charge on any atom is -0.399 e. The maximum absolute atomic E-state index is 12.2. The van der Waals surface area contributed by atoms with Crippen LogP contribution in [0.15, 0.2) is 48.5 Å². The van der Waals surface area contributed by atoms with E-state index in [0.717, 1.165) is 10.5 Å². The van der Waals surface area contributed by atoms with E-state index in [1.807, 2.05) is 12.1 Å². The molecule has 22 heavy (non-hydrogen) atoms. The summed E-state index contributed by atoms with van der Waals surface area (Å²) in [6, 6.07) is 13.1. The third-order valence-corrected chi connectivity index (χ3v) is 3.28. The molecule has 0 atom stereocenters. The zero-order valence-corrected chi connectivity index (χ0v) is 12.8. The van der Waals surface area contributed by atoms with Gasteiger partial charge in [-0.2, -0.15) is 0 Å². The summed E-state index contributed by atoms with van der Waals surface area (Å²) < 4.78 is 0. The lowest BCUT2D eigenvalue weighted by molar-refractivity contribution is -0.115. The lowest BCUT2D eigenvalue weighted by atomic mass is 10.2. The molecule has 114 valence electrons. The fourth-order valence-corrected chi connectivity index (χ4v) is 2.05. The van der Waals surface area contributed by atoms with Gasteiger partial charge in [-0.1, -0.05) is 23.7 Å². The van der Waals surface area contributed by atoms with Crippen LogP contribution in [0, 0.1) is 0 Å². The number of imide groups is 1. The van der Waals surface area contributed by atoms with Crippen molar-refractivity contribution in [2.24, 2.45) is 0 Å². The van der Waals surface area contributed by atoms with Crippen molar-refractivity contribution in [3.63, 3.8) is 0 Å². The number of amides is 3. The molecule has 0 radical (unpaired) electrons. The Balaban J connectivity index is 2.08. The van der Waals surface area contributed by atoms with Crippen molar-refractivity contribution in [2.75, 3.05) is 10.6 Å². The number of carbonyl (C=O) groups excluding carboxylic acids is 2. The van der Waals surface area contributed by atoms with Crippen LogP contribution in [0.1, 0.15) is 12.5 Å². The molecule has 5 nitrogen and oxygen atoms in total. The maximum atomic E-state index is 12.2. The summed E-state index contributed by atoms with van der Waals surface area (Å²) in [5.74, 6) is -0.377. The summed E-state index contributed by atoms with van der Waals surface area (Å²) in [6.45, 7) is 1.63. The molecule has 0 unspecified atom stereocenters. The van der Waals surface area contributed by atoms with Crippen LogP contribution in [0.5, 0.6) is 0 Å². The first-order valence-corrected chi connectivity index (χ1v) is 7.03. The molecule has 2 rings (SSSR count). The quantitative estimate of drug-likeness (QED) is 0.854. The Morgan fingerprint density at radius 2 is 1.68 bits per heavy atom. The summed E-state index contributed by atoms with van der Waals surface area (Å²) in [7, 11) is 0. The Hall–Kier alpha value is -2.53. The minimum atomic E-state index is -0.493. The fraction of sp³-hybridized carbons (Fsp3) is 0.125. The van der Waals surface area contributed by atoms with E-state index < -0.39 is 6.03 Å². The lowest BCUT2D eigenvalue weighted by Gasteiger charge is -2.20. The standard InChI is InChI=1S/C16H16ClN3O2/c1-11(21)20(15-8-6-14(18)7-9-15)16(22)19-10-12-2-4-13(17)5-3-12/h2-9H,10,18H2,1H3,(H,19,22). The van der Waals surface area contributed by atoms with Gasteiger partial charge in [0, 0.05) is 24.2 Å². The highest BCUT2D eigenvalue weighted by Gasteiger charge is 2.19. The second-order valence-corrected chi connectivity index (χ2v) is 5.17. The summed E-state index contributed by atoms with van der Waals surface area (Å²) >= 11 is 5.81. The molecule has 0 aromatic heterocycles. The smallest absolute Gasteiger partial charge is 0.329 e. The monoisotopic (exact) mass is 317 g/mol. The van der Waals surface area contributed by atoms with Gasteiger partial charge in [-0.05, 0) is 42.0 Å². The second kappa shape index (κ2) is 6.95. The number of halogens is 1. The van der Waals surface area contributed by atoms with Crippen LogP contribution >= 0.6 is 11.6 Å². The highest BCUT2D eigenvalue weighted by Crippen LogP contribution is 2.17. The number of benzene rings is 2. The molecule has 3 amide bonds. The zero-order valence-electron chi connectivity index (χ0n) is 12.0. The Morgan fingerprint density at radius 3 is 2.23 bits per heavy atom. The van der Waals surface area contributed by atoms with E-state index in [2.05, 4.69) is 5.32 Å². The minimum absolute atomic E-state index is 0.300. The first-order chi connectivity index (χ1) is 10.5. The largest absolute Gasteiger partial charge is 0.399 e. The second-order valence-electron chi connectivity index (χ2n) is 4.73. The van der Waals surface area contributed by atoms with Gasteiger partial charge in [-0.25, -0.2) is 9.69 Å². The summed E-state index contributed by atoms with van der Waals surface area (Å²) in [6.07, 6.45) is 0. The molecule has 0 aliphatic rings. The van der Waals surface area contributed by atoms with Crippen molar-refractivity contribution in [3.8, 4) is 0 Å². The van der Waals surface area contributed by atoms with E-state index >= 15 is 0 Å². The van der Waals surface area contributed by atoms with Gasteiger partial charge < -0.3 is 11.1 Å². The van der Waals surface area contributed by atoms with Crippen LogP contribution in [-0.2, 0) is 11.3 Å². The van der Waals surface area contributed by atoms with Crippen molar-refractivity contribution >= 4 is 34.9 Å². The number of hydrogen-bond acceptors (Lipinski definition) is 3. The fourth-order valence-electron chi connectivity index (χ4n) is 1.92. The van der Waals surface area contributed by atoms with Crippen LogP contribution in [0.3, 0.4) is 0 Å². The third-order valence-electron chi connectivity index (χ3n) is 3.03. The predicted molar refractivity (Wildman–Crippen MR) is 87.7 cm³/mol. The summed E-state index contributed by atoms with van der Waals surface area (Å²) in [4.78, 5) is 25.1. The number of anilines is 2. The molecule has 0 saturated heterocycles. The molecule has 2 aromatic carbocycles. The van der Waals surface area contributed by atoms with Gasteiger partial charge in [0.2, 0.25) is 5.91 Å². The Kier molecular flexibility index (Phi) is 5.01. The third kappa shape index (κ3) is 3.99. The normalized spacial score (nSPS) is 10.1. The maximum Gasteiger partial charge on any atom is 0.329 e. The zero-order chi connectivity index (χ0) is 16.1. The molecule has 0 bridgehead atoms. The predicted octanol–water partition coefficient (Wildman–Crippen LogP) is 3.18. The molecule has 0 fully saturated rings. The number of nitrogens with two attached hydrogens (primary N) is 1. The molecule has 0 heterocycles. The number of hydrogen-bond donors (Lipinski definition) is 2. The number of urea groups is 1. The van der Waals surface area contributed by atoms with Crippen molar-refractivity contribution in [3.05, 3.63) is 59.1 Å². The van der Waals surface area contributed by atoms with E-state index in [9.17, 15) is 9.59 Å². The van der Waals surface area contributed by atoms with Gasteiger partial charge in [0.05, 0.1) is 5.69 Å². The van der Waals surface area contributed by atoms with Gasteiger partial charge in [0.25, 0.3) is 0 Å². The van der Waals surface area contributed by atoms with Crippen LogP contribution in [0.4, 0.5) is 16.2 Å². The molecule has 0 spiro atoms. The molecular formula is C16H16ClN3O2. The van der Waals surface area contributed by atoms with Crippen molar-refractivity contribution in [2.45, 2.75) is 13.5 Å². The van der Waals surface area contributed by atoms with E-state index in [1.54, 1.807) is 36.4 Å². The number of nitrogens with one attached hydrogen (secondary N) is 1. The average Bonchev–Trinajstić information content (AvgIpc) is 2.48. The van der Waals surface area contributed by atoms with Gasteiger partial charge >= 0.3 is 6.03 Å². The lowest BCUT2D eigenvalue weighted by Crippen LogP contribution is -2.42. The highest BCUT2D eigenvalue weighted by atomic mass is 35.5. The molecule has 0 aliphatic carbocycles. The molecule has 6 heteroatoms. The van der Waals surface area contributed by atoms with E-state index in [1.165, 1.54) is 6.92 Å². The van der Waals surface area contributed by atoms with Crippen molar-refractivity contribution in [1.82, 2.24) is 5.32 Å². The average molecular weight is 318 g/mol. The molecule has 3 N–H and O–H groups in total. The number of nitrogen functional groups attached to an aromatic ring is 1. The SMILES string of the molecule is CC(=O)N(C(=O)NCc1ccc(Cl)cc1)c1ccc(N)cc1. The van der Waals surface area contributed by atoms with Gasteiger partial charge in [-0.3, -0.25) is 4.79 Å². The van der Waals surface area contributed by atoms with E-state index in [-0.39, 0.29) is 5.91 Å². The summed E-state index contributed by atoms with van der Waals surface area (Å²) in [5, 5.41) is 3.33. The molecular weight excluding hydrogens is 302 g/mol. The van der Waals surface area contributed by atoms with Crippen LogP contribution in [0.25, 0.3) is 0 Å². The van der Waals surface area contributed by atoms with Crippen LogP contribution in [-0.4, -0.2) is 11.9 Å². The topological polar surface area (TPSA) is 75.4 Å². The highest BCUT2D eigenvalue weighted by molar-refractivity contribution is 6.30. The molecule has 0 aliphatic heterocycles. The molecule has 2 aromatic rings. The first-order valence-electron chi connectivity index (χ1n) is 6.66. The van der Waals surface area contributed by atoms with E-state index in [4.69, 9.17) is 17.3 Å². The van der Waals surface area contributed by atoms with Crippen LogP contribution < -0.4 is 16.0 Å². The number of nitrogens with zero attached hydrogens (tertiary/aromatic N) is 1. The number of rotatable bonds is 3. The van der Waals surface area contributed by atoms with Crippen molar-refractivity contribution < 1.29 is 9.59 Å². The van der Waals surface area contributed by atoms with Gasteiger partial charge in [-0.15, -0.1) is 0 Å². The Bertz CT molecular complexity index is 669. The van der Waals surface area contributed by atoms with Crippen molar-refractivity contribution in [1.29, 1.82) is 0 Å². The van der Waals surface area contributed by atoms with Gasteiger partial charge in [0.15, 0.2) is 0 Å². The van der Waals surface area contributed by atoms with E-state index in [0.29, 0.717) is 22.9 Å². The molecule has 0 saturated carbocycles. The summed E-state index contributed by atoms with van der Waals surface area (Å²) in [5.41, 5.74) is 7.53. The number of carbonyl (C=O) groups is 2. The first kappa shape index (κ1) is 15.9.